The minimum absolute atomic E-state index is 0.101. The van der Waals surface area contributed by atoms with Gasteiger partial charge in [-0.1, -0.05) is 6.07 Å². The van der Waals surface area contributed by atoms with Gasteiger partial charge < -0.3 is 14.0 Å². The van der Waals surface area contributed by atoms with Crippen LogP contribution in [-0.2, 0) is 30.2 Å². The number of carbonyl (C=O) groups is 2. The van der Waals surface area contributed by atoms with Crippen molar-refractivity contribution >= 4 is 40.3 Å². The van der Waals surface area contributed by atoms with Gasteiger partial charge in [0.1, 0.15) is 17.7 Å². The van der Waals surface area contributed by atoms with Crippen LogP contribution in [-0.4, -0.2) is 35.0 Å². The lowest BCUT2D eigenvalue weighted by Gasteiger charge is -2.19. The Hall–Kier alpha value is -2.90. The second-order valence-corrected chi connectivity index (χ2v) is 10.2. The maximum absolute atomic E-state index is 14.0. The van der Waals surface area contributed by atoms with E-state index in [1.165, 1.54) is 12.1 Å². The fourth-order valence-corrected chi connectivity index (χ4v) is 4.13. The molecule has 2 aromatic carbocycles. The summed E-state index contributed by atoms with van der Waals surface area (Å²) in [5.74, 6) is -1.63. The molecule has 0 radical (unpaired) electrons. The highest BCUT2D eigenvalue weighted by Crippen LogP contribution is 2.44. The zero-order valence-corrected chi connectivity index (χ0v) is 20.2. The predicted octanol–water partition coefficient (Wildman–Crippen LogP) is 5.17. The van der Waals surface area contributed by atoms with Crippen molar-refractivity contribution in [1.29, 1.82) is 0 Å². The van der Waals surface area contributed by atoms with Crippen molar-refractivity contribution in [3.05, 3.63) is 70.5 Å². The van der Waals surface area contributed by atoms with Crippen molar-refractivity contribution in [1.82, 2.24) is 0 Å². The molecule has 5 nitrogen and oxygen atoms in total. The molecule has 1 atom stereocenters. The summed E-state index contributed by atoms with van der Waals surface area (Å²) in [6.45, 7) is 6.58. The highest BCUT2D eigenvalue weighted by Gasteiger charge is 2.27. The standard InChI is InChI=1S/C26H27FO5S/c1-16-21(12-17-6-9-19(10-7-17)33(5)30)20-11-8-18(27)13-23(20)22(16)14-24(28)31-15-25(29)32-26(2,3)4/h6-13H,14-15H2,1-5H3/b21-12-. The Labute approximate surface area is 196 Å². The topological polar surface area (TPSA) is 75.7 Å². The van der Waals surface area contributed by atoms with Crippen LogP contribution in [0.3, 0.4) is 0 Å². The van der Waals surface area contributed by atoms with Crippen molar-refractivity contribution in [2.24, 2.45) is 0 Å². The fourth-order valence-electron chi connectivity index (χ4n) is 3.61. The Morgan fingerprint density at radius 1 is 1.06 bits per heavy atom. The molecule has 33 heavy (non-hydrogen) atoms. The normalized spacial score (nSPS) is 15.4. The molecule has 0 fully saturated rings. The number of carbonyl (C=O) groups excluding carboxylic acids is 2. The van der Waals surface area contributed by atoms with Crippen molar-refractivity contribution in [3.63, 3.8) is 0 Å². The van der Waals surface area contributed by atoms with E-state index in [4.69, 9.17) is 9.47 Å². The lowest BCUT2D eigenvalue weighted by atomic mass is 10.0. The molecule has 7 heteroatoms. The molecule has 0 spiro atoms. The molecule has 0 amide bonds. The third-order valence-electron chi connectivity index (χ3n) is 5.07. The van der Waals surface area contributed by atoms with Crippen molar-refractivity contribution in [2.75, 3.05) is 12.9 Å². The molecule has 0 aromatic heterocycles. The van der Waals surface area contributed by atoms with E-state index >= 15 is 0 Å². The van der Waals surface area contributed by atoms with Gasteiger partial charge in [-0.25, -0.2) is 9.18 Å². The molecule has 3 rings (SSSR count). The first-order valence-corrected chi connectivity index (χ1v) is 12.0. The van der Waals surface area contributed by atoms with Gasteiger partial charge in [-0.2, -0.15) is 0 Å². The SMILES string of the molecule is CC1=C(CC(=O)OCC(=O)OC(C)(C)C)c2cc(F)ccc2/C1=C\c1ccc([S+](C)[O-])cc1. The van der Waals surface area contributed by atoms with Crippen LogP contribution in [0.4, 0.5) is 4.39 Å². The molecule has 0 saturated heterocycles. The number of esters is 2. The van der Waals surface area contributed by atoms with E-state index < -0.39 is 41.1 Å². The number of fused-ring (bicyclic) bond motifs is 1. The van der Waals surface area contributed by atoms with Gasteiger partial charge in [-0.15, -0.1) is 0 Å². The smallest absolute Gasteiger partial charge is 0.344 e. The number of allylic oxidation sites excluding steroid dienone is 2. The van der Waals surface area contributed by atoms with Gasteiger partial charge in [0.05, 0.1) is 6.42 Å². The summed E-state index contributed by atoms with van der Waals surface area (Å²) in [6.07, 6.45) is 3.47. The first kappa shape index (κ1) is 24.7. The Kier molecular flexibility index (Phi) is 7.44. The molecule has 0 bridgehead atoms. The fraction of sp³-hybridized carbons (Fsp3) is 0.308. The molecule has 0 heterocycles. The summed E-state index contributed by atoms with van der Waals surface area (Å²) in [7, 11) is 0. The number of hydrogen-bond acceptors (Lipinski definition) is 5. The van der Waals surface area contributed by atoms with Crippen LogP contribution in [0.15, 0.2) is 52.9 Å². The number of hydrogen-bond donors (Lipinski definition) is 0. The van der Waals surface area contributed by atoms with E-state index in [0.29, 0.717) is 11.1 Å². The van der Waals surface area contributed by atoms with Crippen LogP contribution in [0.25, 0.3) is 17.2 Å². The third-order valence-corrected chi connectivity index (χ3v) is 6.00. The highest BCUT2D eigenvalue weighted by molar-refractivity contribution is 7.90. The predicted molar refractivity (Wildman–Crippen MR) is 127 cm³/mol. The summed E-state index contributed by atoms with van der Waals surface area (Å²) in [6, 6.07) is 11.8. The van der Waals surface area contributed by atoms with E-state index in [-0.39, 0.29) is 6.42 Å². The van der Waals surface area contributed by atoms with E-state index in [9.17, 15) is 18.5 Å². The molecule has 0 aliphatic heterocycles. The summed E-state index contributed by atoms with van der Waals surface area (Å²) in [5.41, 5.74) is 4.00. The zero-order valence-electron chi connectivity index (χ0n) is 19.4. The van der Waals surface area contributed by atoms with Gasteiger partial charge >= 0.3 is 11.9 Å². The lowest BCUT2D eigenvalue weighted by Crippen LogP contribution is -2.27. The second kappa shape index (κ2) is 9.93. The van der Waals surface area contributed by atoms with Gasteiger partial charge in [0, 0.05) is 0 Å². The van der Waals surface area contributed by atoms with E-state index in [1.54, 1.807) is 45.2 Å². The molecule has 2 aromatic rings. The number of ether oxygens (including phenoxy) is 2. The number of rotatable bonds is 6. The van der Waals surface area contributed by atoms with Crippen LogP contribution in [0, 0.1) is 5.82 Å². The maximum atomic E-state index is 14.0. The number of benzene rings is 2. The Balaban J connectivity index is 1.85. The van der Waals surface area contributed by atoms with Crippen molar-refractivity contribution in [2.45, 2.75) is 44.6 Å². The first-order chi connectivity index (χ1) is 15.4. The maximum Gasteiger partial charge on any atom is 0.344 e. The van der Waals surface area contributed by atoms with Crippen LogP contribution >= 0.6 is 0 Å². The van der Waals surface area contributed by atoms with E-state index in [0.717, 1.165) is 27.2 Å². The van der Waals surface area contributed by atoms with Gasteiger partial charge in [0.15, 0.2) is 11.5 Å². The van der Waals surface area contributed by atoms with Crippen molar-refractivity contribution in [3.8, 4) is 0 Å². The summed E-state index contributed by atoms with van der Waals surface area (Å²) >= 11 is -1.07. The molecule has 0 saturated carbocycles. The number of halogens is 1. The second-order valence-electron chi connectivity index (χ2n) is 8.80. The van der Waals surface area contributed by atoms with Gasteiger partial charge in [-0.05, 0) is 115 Å². The average molecular weight is 471 g/mol. The third kappa shape index (κ3) is 6.33. The first-order valence-electron chi connectivity index (χ1n) is 10.5. The van der Waals surface area contributed by atoms with Gasteiger partial charge in [0.2, 0.25) is 0 Å². The summed E-state index contributed by atoms with van der Waals surface area (Å²) in [4.78, 5) is 25.0. The van der Waals surface area contributed by atoms with Crippen LogP contribution in [0.5, 0.6) is 0 Å². The zero-order chi connectivity index (χ0) is 24.3. The molecule has 174 valence electrons. The molecule has 1 aliphatic rings. The Bertz CT molecular complexity index is 1120. The molecular formula is C26H27FO5S. The van der Waals surface area contributed by atoms with E-state index in [1.807, 2.05) is 25.1 Å². The van der Waals surface area contributed by atoms with Crippen LogP contribution in [0.1, 0.15) is 50.8 Å². The quantitative estimate of drug-likeness (QED) is 0.430. The van der Waals surface area contributed by atoms with Crippen LogP contribution < -0.4 is 0 Å². The van der Waals surface area contributed by atoms with Crippen LogP contribution in [0.2, 0.25) is 0 Å². The van der Waals surface area contributed by atoms with Gasteiger partial charge in [0.25, 0.3) is 0 Å². The average Bonchev–Trinajstić information content (AvgIpc) is 2.96. The van der Waals surface area contributed by atoms with Gasteiger partial charge in [-0.3, -0.25) is 4.79 Å². The molecule has 1 aliphatic carbocycles. The Morgan fingerprint density at radius 3 is 2.33 bits per heavy atom. The lowest BCUT2D eigenvalue weighted by molar-refractivity contribution is -0.166. The molecule has 0 N–H and O–H groups in total. The minimum atomic E-state index is -1.07. The monoisotopic (exact) mass is 470 g/mol. The van der Waals surface area contributed by atoms with E-state index in [2.05, 4.69) is 0 Å². The largest absolute Gasteiger partial charge is 0.612 e. The summed E-state index contributed by atoms with van der Waals surface area (Å²) in [5, 5.41) is 0. The minimum Gasteiger partial charge on any atom is -0.612 e. The summed E-state index contributed by atoms with van der Waals surface area (Å²) < 4.78 is 35.9. The Morgan fingerprint density at radius 2 is 1.73 bits per heavy atom. The van der Waals surface area contributed by atoms with Crippen molar-refractivity contribution < 1.29 is 28.0 Å². The molecule has 1 unspecified atom stereocenters. The molecular weight excluding hydrogens is 443 g/mol. The highest BCUT2D eigenvalue weighted by atomic mass is 32.2.